The number of nitrogens with one attached hydrogen (secondary N) is 1. The monoisotopic (exact) mass is 268 g/mol. The fraction of sp³-hybridized carbons (Fsp3) is 0.250. The summed E-state index contributed by atoms with van der Waals surface area (Å²) in [4.78, 5) is 0. The predicted octanol–water partition coefficient (Wildman–Crippen LogP) is 1.69. The molecule has 0 heterocycles. The molecule has 0 radical (unpaired) electrons. The molecule has 0 aliphatic carbocycles. The highest BCUT2D eigenvalue weighted by molar-refractivity contribution is 7.89. The van der Waals surface area contributed by atoms with Crippen molar-refractivity contribution in [3.8, 4) is 0 Å². The minimum absolute atomic E-state index is 0.147. The van der Waals surface area contributed by atoms with E-state index >= 15 is 0 Å². The fourth-order valence-corrected chi connectivity index (χ4v) is 1.82. The quantitative estimate of drug-likeness (QED) is 0.873. The maximum Gasteiger partial charge on any atom is 0.210 e. The zero-order valence-corrected chi connectivity index (χ0v) is 10.0. The van der Waals surface area contributed by atoms with Gasteiger partial charge in [-0.2, -0.15) is 0 Å². The van der Waals surface area contributed by atoms with Crippen molar-refractivity contribution in [3.63, 3.8) is 0 Å². The number of nitrogens with two attached hydrogens (primary N) is 1. The molecule has 0 aliphatic rings. The molecule has 0 aromatic heterocycles. The minimum atomic E-state index is -3.45. The Labute approximate surface area is 98.4 Å². The van der Waals surface area contributed by atoms with Gasteiger partial charge in [-0.05, 0) is 18.2 Å². The fourth-order valence-electron chi connectivity index (χ4n) is 0.961. The number of benzene rings is 1. The Hall–Kier alpha value is -0.490. The first kappa shape index (κ1) is 12.6. The standard InChI is InChI=1S/C8H10Cl2N2O2S/c9-6-1-2-8(7(10)5-6)12-3-4-15(11,13)14/h1-2,5,12H,3-4H2,(H2,11,13,14). The lowest BCUT2D eigenvalue weighted by atomic mass is 10.3. The zero-order chi connectivity index (χ0) is 11.5. The maximum absolute atomic E-state index is 10.6. The summed E-state index contributed by atoms with van der Waals surface area (Å²) in [6.07, 6.45) is 0. The minimum Gasteiger partial charge on any atom is -0.383 e. The highest BCUT2D eigenvalue weighted by atomic mass is 35.5. The molecule has 3 N–H and O–H groups in total. The van der Waals surface area contributed by atoms with Crippen LogP contribution < -0.4 is 10.5 Å². The summed E-state index contributed by atoms with van der Waals surface area (Å²) in [5.41, 5.74) is 0.629. The summed E-state index contributed by atoms with van der Waals surface area (Å²) < 4.78 is 21.3. The first-order chi connectivity index (χ1) is 6.88. The van der Waals surface area contributed by atoms with Crippen LogP contribution in [0, 0.1) is 0 Å². The predicted molar refractivity (Wildman–Crippen MR) is 62.9 cm³/mol. The van der Waals surface area contributed by atoms with Crippen molar-refractivity contribution in [2.24, 2.45) is 5.14 Å². The van der Waals surface area contributed by atoms with Gasteiger partial charge in [0.2, 0.25) is 10.0 Å². The van der Waals surface area contributed by atoms with Crippen molar-refractivity contribution in [2.45, 2.75) is 0 Å². The van der Waals surface area contributed by atoms with E-state index in [1.165, 1.54) is 0 Å². The van der Waals surface area contributed by atoms with E-state index in [2.05, 4.69) is 5.32 Å². The van der Waals surface area contributed by atoms with Crippen LogP contribution in [0.2, 0.25) is 10.0 Å². The van der Waals surface area contributed by atoms with E-state index < -0.39 is 10.0 Å². The Morgan fingerprint density at radius 3 is 2.53 bits per heavy atom. The van der Waals surface area contributed by atoms with Gasteiger partial charge in [-0.15, -0.1) is 0 Å². The lowest BCUT2D eigenvalue weighted by Crippen LogP contribution is -2.22. The van der Waals surface area contributed by atoms with Crippen LogP contribution in [-0.4, -0.2) is 20.7 Å². The second kappa shape index (κ2) is 5.03. The van der Waals surface area contributed by atoms with Gasteiger partial charge < -0.3 is 5.32 Å². The number of primary sulfonamides is 1. The summed E-state index contributed by atoms with van der Waals surface area (Å²) in [6, 6.07) is 4.91. The summed E-state index contributed by atoms with van der Waals surface area (Å²) in [5, 5.41) is 8.65. The molecule has 1 rings (SSSR count). The molecule has 1 aromatic carbocycles. The number of rotatable bonds is 4. The molecule has 0 spiro atoms. The van der Waals surface area contributed by atoms with Gasteiger partial charge in [0.05, 0.1) is 16.5 Å². The molecule has 0 bridgehead atoms. The molecular formula is C8H10Cl2N2O2S. The summed E-state index contributed by atoms with van der Waals surface area (Å²) >= 11 is 11.5. The van der Waals surface area contributed by atoms with Crippen molar-refractivity contribution in [1.82, 2.24) is 0 Å². The molecule has 0 aliphatic heterocycles. The highest BCUT2D eigenvalue weighted by Crippen LogP contribution is 2.24. The third-order valence-electron chi connectivity index (χ3n) is 1.63. The first-order valence-corrected chi connectivity index (χ1v) is 6.55. The second-order valence-corrected chi connectivity index (χ2v) is 5.50. The van der Waals surface area contributed by atoms with Crippen molar-refractivity contribution < 1.29 is 8.42 Å². The number of halogens is 2. The zero-order valence-electron chi connectivity index (χ0n) is 7.70. The van der Waals surface area contributed by atoms with Crippen LogP contribution in [0.15, 0.2) is 18.2 Å². The van der Waals surface area contributed by atoms with E-state index in [1.54, 1.807) is 18.2 Å². The van der Waals surface area contributed by atoms with Crippen LogP contribution in [0.1, 0.15) is 0 Å². The highest BCUT2D eigenvalue weighted by Gasteiger charge is 2.04. The van der Waals surface area contributed by atoms with Crippen molar-refractivity contribution in [1.29, 1.82) is 0 Å². The Morgan fingerprint density at radius 2 is 2.00 bits per heavy atom. The van der Waals surface area contributed by atoms with E-state index in [4.69, 9.17) is 28.3 Å². The van der Waals surface area contributed by atoms with Crippen LogP contribution in [0.4, 0.5) is 5.69 Å². The van der Waals surface area contributed by atoms with Crippen molar-refractivity contribution in [3.05, 3.63) is 28.2 Å². The molecule has 0 atom stereocenters. The molecule has 0 saturated carbocycles. The second-order valence-electron chi connectivity index (χ2n) is 2.92. The van der Waals surface area contributed by atoms with Crippen molar-refractivity contribution in [2.75, 3.05) is 17.6 Å². The van der Waals surface area contributed by atoms with Crippen LogP contribution in [0.3, 0.4) is 0 Å². The third-order valence-corrected chi connectivity index (χ3v) is 2.95. The Morgan fingerprint density at radius 1 is 1.33 bits per heavy atom. The molecule has 15 heavy (non-hydrogen) atoms. The summed E-state index contributed by atoms with van der Waals surface area (Å²) in [7, 11) is -3.45. The molecule has 7 heteroatoms. The maximum atomic E-state index is 10.6. The lowest BCUT2D eigenvalue weighted by molar-refractivity contribution is 0.598. The van der Waals surface area contributed by atoms with Crippen LogP contribution in [0.25, 0.3) is 0 Å². The topological polar surface area (TPSA) is 72.2 Å². The molecule has 0 saturated heterocycles. The van der Waals surface area contributed by atoms with Gasteiger partial charge in [0.25, 0.3) is 0 Å². The average Bonchev–Trinajstić information content (AvgIpc) is 2.07. The van der Waals surface area contributed by atoms with Crippen LogP contribution in [-0.2, 0) is 10.0 Å². The van der Waals surface area contributed by atoms with Gasteiger partial charge in [-0.25, -0.2) is 13.6 Å². The largest absolute Gasteiger partial charge is 0.383 e. The third kappa shape index (κ3) is 4.70. The van der Waals surface area contributed by atoms with E-state index in [0.717, 1.165) is 0 Å². The lowest BCUT2D eigenvalue weighted by Gasteiger charge is -2.07. The van der Waals surface area contributed by atoms with Crippen LogP contribution >= 0.6 is 23.2 Å². The summed E-state index contributed by atoms with van der Waals surface area (Å²) in [6.45, 7) is 0.209. The molecule has 0 fully saturated rings. The molecule has 0 unspecified atom stereocenters. The van der Waals surface area contributed by atoms with Gasteiger partial charge >= 0.3 is 0 Å². The molecule has 0 amide bonds. The van der Waals surface area contributed by atoms with E-state index in [-0.39, 0.29) is 12.3 Å². The molecule has 84 valence electrons. The van der Waals surface area contributed by atoms with Gasteiger partial charge in [-0.3, -0.25) is 0 Å². The molecule has 1 aromatic rings. The van der Waals surface area contributed by atoms with Crippen molar-refractivity contribution >= 4 is 38.9 Å². The van der Waals surface area contributed by atoms with Crippen LogP contribution in [0.5, 0.6) is 0 Å². The number of sulfonamides is 1. The molecule has 4 nitrogen and oxygen atoms in total. The first-order valence-electron chi connectivity index (χ1n) is 4.08. The van der Waals surface area contributed by atoms with E-state index in [1.807, 2.05) is 0 Å². The summed E-state index contributed by atoms with van der Waals surface area (Å²) in [5.74, 6) is -0.147. The Kier molecular flexibility index (Phi) is 4.21. The molecular weight excluding hydrogens is 259 g/mol. The number of anilines is 1. The Balaban J connectivity index is 2.59. The average molecular weight is 269 g/mol. The van der Waals surface area contributed by atoms with E-state index in [9.17, 15) is 8.42 Å². The number of hydrogen-bond acceptors (Lipinski definition) is 3. The van der Waals surface area contributed by atoms with E-state index in [0.29, 0.717) is 15.7 Å². The Bertz CT molecular complexity index is 448. The number of hydrogen-bond donors (Lipinski definition) is 2. The van der Waals surface area contributed by atoms with Gasteiger partial charge in [-0.1, -0.05) is 23.2 Å². The smallest absolute Gasteiger partial charge is 0.210 e. The van der Waals surface area contributed by atoms with Gasteiger partial charge in [0, 0.05) is 11.6 Å². The SMILES string of the molecule is NS(=O)(=O)CCNc1ccc(Cl)cc1Cl. The normalized spacial score (nSPS) is 11.4. The van der Waals surface area contributed by atoms with Gasteiger partial charge in [0.15, 0.2) is 0 Å². The van der Waals surface area contributed by atoms with Gasteiger partial charge in [0.1, 0.15) is 0 Å².